The molecular formula is C14H20N4O. The second kappa shape index (κ2) is 6.22. The van der Waals surface area contributed by atoms with Crippen LogP contribution in [-0.4, -0.2) is 29.9 Å². The zero-order chi connectivity index (χ0) is 13.7. The van der Waals surface area contributed by atoms with Crippen LogP contribution < -0.4 is 11.5 Å². The molecule has 1 amide bonds. The molecule has 1 aromatic rings. The second-order valence-electron chi connectivity index (χ2n) is 4.83. The predicted molar refractivity (Wildman–Crippen MR) is 76.0 cm³/mol. The van der Waals surface area contributed by atoms with Crippen LogP contribution in [0.15, 0.2) is 29.3 Å². The maximum Gasteiger partial charge on any atom is 0.221 e. The molecule has 0 aromatic heterocycles. The molecule has 1 aliphatic heterocycles. The van der Waals surface area contributed by atoms with Gasteiger partial charge in [-0.1, -0.05) is 12.1 Å². The Morgan fingerprint density at radius 1 is 1.11 bits per heavy atom. The normalized spacial score (nSPS) is 16.4. The number of amides is 1. The van der Waals surface area contributed by atoms with E-state index in [4.69, 9.17) is 11.5 Å². The Morgan fingerprint density at radius 3 is 2.32 bits per heavy atom. The molecule has 2 rings (SSSR count). The van der Waals surface area contributed by atoms with Gasteiger partial charge in [0.05, 0.1) is 12.1 Å². The van der Waals surface area contributed by atoms with E-state index in [2.05, 4.69) is 9.89 Å². The van der Waals surface area contributed by atoms with Gasteiger partial charge >= 0.3 is 0 Å². The Morgan fingerprint density at radius 2 is 1.74 bits per heavy atom. The van der Waals surface area contributed by atoms with Crippen LogP contribution in [0.25, 0.3) is 0 Å². The predicted octanol–water partition coefficient (Wildman–Crippen LogP) is 1.15. The van der Waals surface area contributed by atoms with Crippen molar-refractivity contribution in [2.45, 2.75) is 25.7 Å². The van der Waals surface area contributed by atoms with Crippen LogP contribution in [0.4, 0.5) is 5.69 Å². The number of rotatable bonds is 3. The monoisotopic (exact) mass is 260 g/mol. The van der Waals surface area contributed by atoms with Crippen LogP contribution in [0.5, 0.6) is 0 Å². The zero-order valence-electron chi connectivity index (χ0n) is 11.0. The minimum absolute atomic E-state index is 0.256. The van der Waals surface area contributed by atoms with Crippen LogP contribution in [0.2, 0.25) is 0 Å². The van der Waals surface area contributed by atoms with Crippen molar-refractivity contribution in [1.29, 1.82) is 0 Å². The molecule has 1 aromatic carbocycles. The van der Waals surface area contributed by atoms with Crippen LogP contribution >= 0.6 is 0 Å². The van der Waals surface area contributed by atoms with E-state index in [0.717, 1.165) is 24.3 Å². The van der Waals surface area contributed by atoms with E-state index in [1.54, 1.807) is 0 Å². The highest BCUT2D eigenvalue weighted by atomic mass is 16.1. The average Bonchev–Trinajstić information content (AvgIpc) is 2.41. The highest BCUT2D eigenvalue weighted by Crippen LogP contribution is 2.15. The van der Waals surface area contributed by atoms with Gasteiger partial charge in [-0.3, -0.25) is 4.79 Å². The van der Waals surface area contributed by atoms with Crippen molar-refractivity contribution in [1.82, 2.24) is 4.90 Å². The molecule has 5 nitrogen and oxygen atoms in total. The molecule has 5 heteroatoms. The molecule has 102 valence electrons. The van der Waals surface area contributed by atoms with Gasteiger partial charge in [-0.05, 0) is 37.0 Å². The first kappa shape index (κ1) is 13.4. The molecule has 4 N–H and O–H groups in total. The molecule has 1 heterocycles. The van der Waals surface area contributed by atoms with E-state index in [1.807, 2.05) is 24.3 Å². The van der Waals surface area contributed by atoms with Crippen molar-refractivity contribution in [2.24, 2.45) is 16.5 Å². The third-order valence-electron chi connectivity index (χ3n) is 3.24. The molecule has 0 spiro atoms. The number of hydrogen-bond acceptors (Lipinski definition) is 2. The van der Waals surface area contributed by atoms with Crippen LogP contribution in [0.1, 0.15) is 24.8 Å². The summed E-state index contributed by atoms with van der Waals surface area (Å²) < 4.78 is 0. The first-order valence-electron chi connectivity index (χ1n) is 6.61. The molecule has 0 unspecified atom stereocenters. The zero-order valence-corrected chi connectivity index (χ0v) is 11.0. The first-order valence-corrected chi connectivity index (χ1v) is 6.61. The number of aliphatic imine (C=N–C) groups is 1. The Balaban J connectivity index is 2.02. The second-order valence-corrected chi connectivity index (χ2v) is 4.83. The van der Waals surface area contributed by atoms with Crippen molar-refractivity contribution >= 4 is 17.6 Å². The molecule has 0 saturated carbocycles. The van der Waals surface area contributed by atoms with Crippen LogP contribution in [0, 0.1) is 0 Å². The summed E-state index contributed by atoms with van der Waals surface area (Å²) in [5.41, 5.74) is 12.8. The van der Waals surface area contributed by atoms with Gasteiger partial charge in [0, 0.05) is 13.1 Å². The molecule has 0 radical (unpaired) electrons. The Kier molecular flexibility index (Phi) is 4.39. The maximum atomic E-state index is 10.8. The number of hydrogen-bond donors (Lipinski definition) is 2. The molecular weight excluding hydrogens is 240 g/mol. The number of likely N-dealkylation sites (tertiary alicyclic amines) is 1. The van der Waals surface area contributed by atoms with Gasteiger partial charge in [0.2, 0.25) is 5.91 Å². The summed E-state index contributed by atoms with van der Waals surface area (Å²) in [5.74, 6) is 0.242. The van der Waals surface area contributed by atoms with E-state index in [0.29, 0.717) is 5.96 Å². The van der Waals surface area contributed by atoms with Crippen LogP contribution in [-0.2, 0) is 11.2 Å². The smallest absolute Gasteiger partial charge is 0.221 e. The summed E-state index contributed by atoms with van der Waals surface area (Å²) in [5, 5.41) is 0. The van der Waals surface area contributed by atoms with E-state index in [9.17, 15) is 4.79 Å². The molecule has 19 heavy (non-hydrogen) atoms. The molecule has 1 saturated heterocycles. The standard InChI is InChI=1S/C14H20N4O/c15-13(19)10-11-4-6-12(7-5-11)17-14(16)18-8-2-1-3-9-18/h4-7H,1-3,8-10H2,(H2,15,19)(H2,16,17). The highest BCUT2D eigenvalue weighted by Gasteiger charge is 2.11. The lowest BCUT2D eigenvalue weighted by Crippen LogP contribution is -2.40. The fraction of sp³-hybridized carbons (Fsp3) is 0.429. The third-order valence-corrected chi connectivity index (χ3v) is 3.24. The van der Waals surface area contributed by atoms with E-state index in [-0.39, 0.29) is 12.3 Å². The lowest BCUT2D eigenvalue weighted by Gasteiger charge is -2.27. The number of nitrogens with two attached hydrogens (primary N) is 2. The minimum Gasteiger partial charge on any atom is -0.369 e. The number of carbonyl (C=O) groups is 1. The molecule has 0 aliphatic carbocycles. The number of piperidine rings is 1. The maximum absolute atomic E-state index is 10.8. The van der Waals surface area contributed by atoms with Gasteiger partial charge in [-0.2, -0.15) is 0 Å². The summed E-state index contributed by atoms with van der Waals surface area (Å²) in [7, 11) is 0. The largest absolute Gasteiger partial charge is 0.369 e. The fourth-order valence-corrected chi connectivity index (χ4v) is 2.22. The lowest BCUT2D eigenvalue weighted by atomic mass is 10.1. The number of primary amides is 1. The van der Waals surface area contributed by atoms with Crippen molar-refractivity contribution in [3.05, 3.63) is 29.8 Å². The lowest BCUT2D eigenvalue weighted by molar-refractivity contribution is -0.117. The van der Waals surface area contributed by atoms with Gasteiger partial charge in [0.15, 0.2) is 5.96 Å². The quantitative estimate of drug-likeness (QED) is 0.631. The summed E-state index contributed by atoms with van der Waals surface area (Å²) >= 11 is 0. The molecule has 0 bridgehead atoms. The first-order chi connectivity index (χ1) is 9.15. The summed E-state index contributed by atoms with van der Waals surface area (Å²) in [6.45, 7) is 1.96. The number of carbonyl (C=O) groups excluding carboxylic acids is 1. The minimum atomic E-state index is -0.330. The Hall–Kier alpha value is -2.04. The van der Waals surface area contributed by atoms with Crippen molar-refractivity contribution in [3.8, 4) is 0 Å². The third kappa shape index (κ3) is 3.98. The van der Waals surface area contributed by atoms with Gasteiger partial charge in [0.1, 0.15) is 0 Å². The summed E-state index contributed by atoms with van der Waals surface area (Å²) in [6, 6.07) is 7.42. The topological polar surface area (TPSA) is 84.7 Å². The van der Waals surface area contributed by atoms with Gasteiger partial charge in [-0.15, -0.1) is 0 Å². The van der Waals surface area contributed by atoms with Gasteiger partial charge in [-0.25, -0.2) is 4.99 Å². The Labute approximate surface area is 113 Å². The van der Waals surface area contributed by atoms with Crippen LogP contribution in [0.3, 0.4) is 0 Å². The SMILES string of the molecule is NC(=O)Cc1ccc(N=C(N)N2CCCCC2)cc1. The average molecular weight is 260 g/mol. The van der Waals surface area contributed by atoms with E-state index in [1.165, 1.54) is 19.3 Å². The molecule has 1 aliphatic rings. The fourth-order valence-electron chi connectivity index (χ4n) is 2.22. The highest BCUT2D eigenvalue weighted by molar-refractivity contribution is 5.81. The Bertz CT molecular complexity index is 461. The van der Waals surface area contributed by atoms with Gasteiger partial charge in [0.25, 0.3) is 0 Å². The van der Waals surface area contributed by atoms with Crippen molar-refractivity contribution < 1.29 is 4.79 Å². The molecule has 0 atom stereocenters. The van der Waals surface area contributed by atoms with Gasteiger partial charge < -0.3 is 16.4 Å². The summed E-state index contributed by atoms with van der Waals surface area (Å²) in [6.07, 6.45) is 3.87. The summed E-state index contributed by atoms with van der Waals surface area (Å²) in [4.78, 5) is 17.3. The number of nitrogens with zero attached hydrogens (tertiary/aromatic N) is 2. The van der Waals surface area contributed by atoms with E-state index < -0.39 is 0 Å². The van der Waals surface area contributed by atoms with Crippen molar-refractivity contribution in [2.75, 3.05) is 13.1 Å². The van der Waals surface area contributed by atoms with E-state index >= 15 is 0 Å². The molecule has 1 fully saturated rings. The number of benzene rings is 1. The van der Waals surface area contributed by atoms with Crippen molar-refractivity contribution in [3.63, 3.8) is 0 Å². The number of guanidine groups is 1.